The second kappa shape index (κ2) is 9.56. The van der Waals surface area contributed by atoms with Crippen LogP contribution in [0.25, 0.3) is 0 Å². The molecule has 0 aliphatic carbocycles. The standard InChI is InChI=1S/C26H28N6O/c1-19-11-13-21(14-12-19)31(3)25-27-24(30(2)20-9-7-6-8-10-20)28-26(29-25)32(4)22-15-17-23(33-5)18-16-22/h6-18H,1-5H3. The molecule has 4 aromatic rings. The third-order valence-corrected chi connectivity index (χ3v) is 5.52. The highest BCUT2D eigenvalue weighted by Gasteiger charge is 2.18. The highest BCUT2D eigenvalue weighted by Crippen LogP contribution is 2.29. The minimum Gasteiger partial charge on any atom is -0.497 e. The highest BCUT2D eigenvalue weighted by atomic mass is 16.5. The molecule has 0 N–H and O–H groups in total. The van der Waals surface area contributed by atoms with Gasteiger partial charge in [-0.15, -0.1) is 0 Å². The van der Waals surface area contributed by atoms with Crippen molar-refractivity contribution >= 4 is 34.9 Å². The van der Waals surface area contributed by atoms with Gasteiger partial charge in [0.25, 0.3) is 0 Å². The van der Waals surface area contributed by atoms with Crippen LogP contribution >= 0.6 is 0 Å². The number of hydrogen-bond donors (Lipinski definition) is 0. The number of anilines is 6. The van der Waals surface area contributed by atoms with Crippen LogP contribution in [0.15, 0.2) is 78.9 Å². The summed E-state index contributed by atoms with van der Waals surface area (Å²) in [4.78, 5) is 20.2. The molecule has 0 amide bonds. The van der Waals surface area contributed by atoms with Crippen molar-refractivity contribution in [1.82, 2.24) is 15.0 Å². The van der Waals surface area contributed by atoms with Gasteiger partial charge >= 0.3 is 0 Å². The number of benzene rings is 3. The van der Waals surface area contributed by atoms with E-state index in [0.717, 1.165) is 22.8 Å². The minimum absolute atomic E-state index is 0.543. The fourth-order valence-electron chi connectivity index (χ4n) is 3.37. The molecule has 0 bridgehead atoms. The number of hydrogen-bond acceptors (Lipinski definition) is 7. The minimum atomic E-state index is 0.543. The van der Waals surface area contributed by atoms with Crippen LogP contribution in [-0.4, -0.2) is 43.2 Å². The predicted octanol–water partition coefficient (Wildman–Crippen LogP) is 5.49. The van der Waals surface area contributed by atoms with E-state index in [1.54, 1.807) is 7.11 Å². The molecule has 0 radical (unpaired) electrons. The van der Waals surface area contributed by atoms with Crippen molar-refractivity contribution in [2.45, 2.75) is 6.92 Å². The Morgan fingerprint density at radius 2 is 0.939 bits per heavy atom. The van der Waals surface area contributed by atoms with Crippen LogP contribution in [0.5, 0.6) is 5.75 Å². The molecule has 0 aliphatic rings. The Balaban J connectivity index is 1.77. The SMILES string of the molecule is COc1ccc(N(C)c2nc(N(C)c3ccccc3)nc(N(C)c3ccc(C)cc3)n2)cc1. The van der Waals surface area contributed by atoms with E-state index < -0.39 is 0 Å². The van der Waals surface area contributed by atoms with Crippen molar-refractivity contribution in [1.29, 1.82) is 0 Å². The lowest BCUT2D eigenvalue weighted by molar-refractivity contribution is 0.415. The molecule has 4 rings (SSSR count). The Kier molecular flexibility index (Phi) is 6.40. The number of nitrogens with zero attached hydrogens (tertiary/aromatic N) is 6. The summed E-state index contributed by atoms with van der Waals surface area (Å²) >= 11 is 0. The number of ether oxygens (including phenoxy) is 1. The number of aryl methyl sites for hydroxylation is 1. The molecule has 0 saturated carbocycles. The van der Waals surface area contributed by atoms with Gasteiger partial charge in [-0.25, -0.2) is 0 Å². The second-order valence-electron chi connectivity index (χ2n) is 7.78. The first-order valence-corrected chi connectivity index (χ1v) is 10.7. The normalized spacial score (nSPS) is 10.6. The number of aromatic nitrogens is 3. The van der Waals surface area contributed by atoms with Crippen molar-refractivity contribution in [2.24, 2.45) is 0 Å². The van der Waals surface area contributed by atoms with E-state index in [0.29, 0.717) is 17.8 Å². The van der Waals surface area contributed by atoms with Gasteiger partial charge in [0, 0.05) is 38.2 Å². The van der Waals surface area contributed by atoms with E-state index in [9.17, 15) is 0 Å². The van der Waals surface area contributed by atoms with Crippen LogP contribution < -0.4 is 19.4 Å². The van der Waals surface area contributed by atoms with Crippen molar-refractivity contribution in [2.75, 3.05) is 43.0 Å². The molecule has 33 heavy (non-hydrogen) atoms. The Labute approximate surface area is 194 Å². The van der Waals surface area contributed by atoms with Gasteiger partial charge in [-0.05, 0) is 55.5 Å². The summed E-state index contributed by atoms with van der Waals surface area (Å²) in [5.41, 5.74) is 4.13. The third-order valence-electron chi connectivity index (χ3n) is 5.52. The summed E-state index contributed by atoms with van der Waals surface area (Å²) in [7, 11) is 7.52. The van der Waals surface area contributed by atoms with Gasteiger partial charge in [0.15, 0.2) is 0 Å². The zero-order valence-corrected chi connectivity index (χ0v) is 19.6. The maximum atomic E-state index is 5.29. The zero-order chi connectivity index (χ0) is 23.4. The van der Waals surface area contributed by atoms with Gasteiger partial charge in [0.2, 0.25) is 17.8 Å². The lowest BCUT2D eigenvalue weighted by atomic mass is 10.2. The molecule has 168 valence electrons. The Morgan fingerprint density at radius 1 is 0.545 bits per heavy atom. The molecular weight excluding hydrogens is 412 g/mol. The fraction of sp³-hybridized carbons (Fsp3) is 0.192. The smallest absolute Gasteiger partial charge is 0.236 e. The van der Waals surface area contributed by atoms with E-state index in [-0.39, 0.29) is 0 Å². The van der Waals surface area contributed by atoms with Crippen LogP contribution in [0.2, 0.25) is 0 Å². The number of para-hydroxylation sites is 1. The Bertz CT molecular complexity index is 1200. The summed E-state index contributed by atoms with van der Waals surface area (Å²) in [5.74, 6) is 2.46. The van der Waals surface area contributed by atoms with Crippen LogP contribution in [0.3, 0.4) is 0 Å². The molecule has 0 spiro atoms. The molecule has 7 nitrogen and oxygen atoms in total. The summed E-state index contributed by atoms with van der Waals surface area (Å²) in [6.45, 7) is 2.07. The van der Waals surface area contributed by atoms with Crippen molar-refractivity contribution in [3.63, 3.8) is 0 Å². The fourth-order valence-corrected chi connectivity index (χ4v) is 3.37. The molecule has 1 aromatic heterocycles. The highest BCUT2D eigenvalue weighted by molar-refractivity contribution is 5.65. The molecule has 0 unspecified atom stereocenters. The average molecular weight is 441 g/mol. The van der Waals surface area contributed by atoms with E-state index in [1.165, 1.54) is 5.56 Å². The first-order chi connectivity index (χ1) is 16.0. The maximum absolute atomic E-state index is 5.29. The van der Waals surface area contributed by atoms with Crippen molar-refractivity contribution < 1.29 is 4.74 Å². The number of methoxy groups -OCH3 is 1. The van der Waals surface area contributed by atoms with Crippen molar-refractivity contribution in [3.8, 4) is 5.75 Å². The van der Waals surface area contributed by atoms with Gasteiger partial charge < -0.3 is 19.4 Å². The molecule has 1 heterocycles. The summed E-state index contributed by atoms with van der Waals surface area (Å²) in [6, 6.07) is 26.1. The van der Waals surface area contributed by atoms with E-state index in [1.807, 2.05) is 90.4 Å². The van der Waals surface area contributed by atoms with Crippen LogP contribution in [0, 0.1) is 6.92 Å². The van der Waals surface area contributed by atoms with Gasteiger partial charge in [0.1, 0.15) is 5.75 Å². The summed E-state index contributed by atoms with van der Waals surface area (Å²) in [6.07, 6.45) is 0. The maximum Gasteiger partial charge on any atom is 0.236 e. The largest absolute Gasteiger partial charge is 0.497 e. The van der Waals surface area contributed by atoms with E-state index in [2.05, 4.69) is 31.2 Å². The monoisotopic (exact) mass is 440 g/mol. The Morgan fingerprint density at radius 3 is 1.36 bits per heavy atom. The molecule has 0 atom stereocenters. The van der Waals surface area contributed by atoms with Gasteiger partial charge in [-0.2, -0.15) is 15.0 Å². The first-order valence-electron chi connectivity index (χ1n) is 10.7. The van der Waals surface area contributed by atoms with Gasteiger partial charge in [0.05, 0.1) is 7.11 Å². The summed E-state index contributed by atoms with van der Waals surface area (Å²) in [5, 5.41) is 0. The van der Waals surface area contributed by atoms with Crippen LogP contribution in [0.4, 0.5) is 34.9 Å². The number of rotatable bonds is 7. The van der Waals surface area contributed by atoms with E-state index in [4.69, 9.17) is 19.7 Å². The molecule has 0 aliphatic heterocycles. The molecule has 0 fully saturated rings. The van der Waals surface area contributed by atoms with Crippen LogP contribution in [-0.2, 0) is 0 Å². The molecule has 0 saturated heterocycles. The molecule has 3 aromatic carbocycles. The van der Waals surface area contributed by atoms with Gasteiger partial charge in [-0.1, -0.05) is 35.9 Å². The zero-order valence-electron chi connectivity index (χ0n) is 19.6. The average Bonchev–Trinajstić information content (AvgIpc) is 2.88. The topological polar surface area (TPSA) is 57.6 Å². The lowest BCUT2D eigenvalue weighted by Crippen LogP contribution is -2.22. The summed E-state index contributed by atoms with van der Waals surface area (Å²) < 4.78 is 5.29. The Hall–Kier alpha value is -4.13. The lowest BCUT2D eigenvalue weighted by Gasteiger charge is -2.25. The van der Waals surface area contributed by atoms with Crippen molar-refractivity contribution in [3.05, 3.63) is 84.4 Å². The van der Waals surface area contributed by atoms with Crippen LogP contribution in [0.1, 0.15) is 5.56 Å². The van der Waals surface area contributed by atoms with Gasteiger partial charge in [-0.3, -0.25) is 0 Å². The molecular formula is C26H28N6O. The molecule has 7 heteroatoms. The van der Waals surface area contributed by atoms with E-state index >= 15 is 0 Å². The quantitative estimate of drug-likeness (QED) is 0.376. The predicted molar refractivity (Wildman–Crippen MR) is 135 cm³/mol. The first kappa shape index (κ1) is 22.1. The third kappa shape index (κ3) is 4.87. The second-order valence-corrected chi connectivity index (χ2v) is 7.78.